The first-order valence-corrected chi connectivity index (χ1v) is 7.60. The minimum atomic E-state index is -0.426. The fourth-order valence-electron chi connectivity index (χ4n) is 2.45. The summed E-state index contributed by atoms with van der Waals surface area (Å²) in [4.78, 5) is 11.9. The highest BCUT2D eigenvalue weighted by molar-refractivity contribution is 7.16. The Labute approximate surface area is 129 Å². The molecular weight excluding hydrogens is 319 g/mol. The Balaban J connectivity index is 1.91. The van der Waals surface area contributed by atoms with Crippen molar-refractivity contribution in [1.82, 2.24) is 0 Å². The molecule has 1 aromatic heterocycles. The molecule has 3 rings (SSSR count). The molecule has 0 amide bonds. The second kappa shape index (κ2) is 5.24. The summed E-state index contributed by atoms with van der Waals surface area (Å²) < 4.78 is 0.757. The van der Waals surface area contributed by atoms with Crippen molar-refractivity contribution < 1.29 is 4.92 Å². The van der Waals surface area contributed by atoms with Gasteiger partial charge in [-0.1, -0.05) is 23.2 Å². The lowest BCUT2D eigenvalue weighted by atomic mass is 10.1. The molecule has 0 bridgehead atoms. The van der Waals surface area contributed by atoms with Crippen molar-refractivity contribution in [1.29, 1.82) is 0 Å². The predicted molar refractivity (Wildman–Crippen MR) is 82.1 cm³/mol. The van der Waals surface area contributed by atoms with Gasteiger partial charge in [0.1, 0.15) is 5.69 Å². The highest BCUT2D eigenvalue weighted by Crippen LogP contribution is 2.42. The molecule has 0 radical (unpaired) electrons. The van der Waals surface area contributed by atoms with Crippen LogP contribution in [0.3, 0.4) is 0 Å². The molecule has 1 heterocycles. The molecule has 0 spiro atoms. The normalized spacial score (nSPS) is 17.0. The molecule has 7 heteroatoms. The molecule has 1 aromatic carbocycles. The van der Waals surface area contributed by atoms with Gasteiger partial charge in [0, 0.05) is 16.0 Å². The van der Waals surface area contributed by atoms with Crippen LogP contribution in [0, 0.1) is 10.1 Å². The van der Waals surface area contributed by atoms with E-state index >= 15 is 0 Å². The summed E-state index contributed by atoms with van der Waals surface area (Å²) in [5, 5.41) is 14.7. The first-order valence-electron chi connectivity index (χ1n) is 6.03. The van der Waals surface area contributed by atoms with E-state index in [2.05, 4.69) is 5.32 Å². The van der Waals surface area contributed by atoms with E-state index in [0.717, 1.165) is 22.7 Å². The number of fused-ring (bicyclic) bond motifs is 1. The van der Waals surface area contributed by atoms with Crippen LogP contribution < -0.4 is 5.32 Å². The number of anilines is 1. The number of thiophene rings is 1. The van der Waals surface area contributed by atoms with Crippen LogP contribution in [0.4, 0.5) is 11.4 Å². The Kier molecular flexibility index (Phi) is 3.58. The van der Waals surface area contributed by atoms with Crippen molar-refractivity contribution >= 4 is 45.9 Å². The van der Waals surface area contributed by atoms with E-state index in [0.29, 0.717) is 10.7 Å². The molecule has 1 N–H and O–H groups in total. The number of nitro groups is 1. The van der Waals surface area contributed by atoms with Gasteiger partial charge >= 0.3 is 0 Å². The maximum absolute atomic E-state index is 11.1. The second-order valence-electron chi connectivity index (χ2n) is 4.58. The van der Waals surface area contributed by atoms with Crippen LogP contribution in [0.25, 0.3) is 0 Å². The van der Waals surface area contributed by atoms with Gasteiger partial charge in [0.25, 0.3) is 5.69 Å². The Morgan fingerprint density at radius 1 is 1.35 bits per heavy atom. The quantitative estimate of drug-likeness (QED) is 0.632. The Morgan fingerprint density at radius 2 is 2.15 bits per heavy atom. The summed E-state index contributed by atoms with van der Waals surface area (Å²) in [5.74, 6) is 0. The van der Waals surface area contributed by atoms with E-state index in [-0.39, 0.29) is 11.7 Å². The summed E-state index contributed by atoms with van der Waals surface area (Å²) in [6.07, 6.45) is 1.86. The van der Waals surface area contributed by atoms with E-state index in [1.165, 1.54) is 10.9 Å². The lowest BCUT2D eigenvalue weighted by Gasteiger charge is -2.14. The summed E-state index contributed by atoms with van der Waals surface area (Å²) in [6.45, 7) is 0. The minimum Gasteiger partial charge on any atom is -0.373 e. The van der Waals surface area contributed by atoms with Crippen LogP contribution in [0.1, 0.15) is 22.9 Å². The average Bonchev–Trinajstić information content (AvgIpc) is 2.92. The molecule has 1 aliphatic carbocycles. The van der Waals surface area contributed by atoms with Gasteiger partial charge in [0.2, 0.25) is 0 Å². The van der Waals surface area contributed by atoms with E-state index in [1.807, 2.05) is 6.07 Å². The third-order valence-electron chi connectivity index (χ3n) is 3.33. The maximum Gasteiger partial charge on any atom is 0.293 e. The van der Waals surface area contributed by atoms with Crippen molar-refractivity contribution in [3.8, 4) is 0 Å². The number of halogens is 2. The van der Waals surface area contributed by atoms with Crippen molar-refractivity contribution in [2.45, 2.75) is 18.9 Å². The van der Waals surface area contributed by atoms with Gasteiger partial charge in [-0.05, 0) is 36.6 Å². The molecule has 20 heavy (non-hydrogen) atoms. The van der Waals surface area contributed by atoms with Crippen LogP contribution in [-0.4, -0.2) is 4.92 Å². The molecule has 0 saturated heterocycles. The fraction of sp³-hybridized carbons (Fsp3) is 0.231. The third kappa shape index (κ3) is 2.49. The van der Waals surface area contributed by atoms with E-state index in [1.54, 1.807) is 23.5 Å². The standard InChI is InChI=1S/C13H10Cl2N2O2S/c14-7-1-2-10(11(5-7)17(18)19)16-9-3-4-12-8(9)6-13(15)20-12/h1-2,5-6,9,16H,3-4H2. The summed E-state index contributed by atoms with van der Waals surface area (Å²) >= 11 is 13.4. The van der Waals surface area contributed by atoms with Crippen molar-refractivity contribution in [2.75, 3.05) is 5.32 Å². The van der Waals surface area contributed by atoms with E-state index in [9.17, 15) is 10.1 Å². The lowest BCUT2D eigenvalue weighted by Crippen LogP contribution is -2.08. The van der Waals surface area contributed by atoms with Crippen LogP contribution in [-0.2, 0) is 6.42 Å². The number of nitrogens with zero attached hydrogens (tertiary/aromatic N) is 1. The highest BCUT2D eigenvalue weighted by atomic mass is 35.5. The number of nitro benzene ring substituents is 1. The Hall–Kier alpha value is -1.30. The van der Waals surface area contributed by atoms with Crippen molar-refractivity contribution in [3.05, 3.63) is 54.2 Å². The average molecular weight is 329 g/mol. The lowest BCUT2D eigenvalue weighted by molar-refractivity contribution is -0.384. The van der Waals surface area contributed by atoms with Crippen molar-refractivity contribution in [2.24, 2.45) is 0 Å². The van der Waals surface area contributed by atoms with Gasteiger partial charge in [-0.15, -0.1) is 11.3 Å². The summed E-state index contributed by atoms with van der Waals surface area (Å²) in [5.41, 5.74) is 1.62. The number of benzene rings is 1. The Morgan fingerprint density at radius 3 is 2.90 bits per heavy atom. The number of nitrogens with one attached hydrogen (secondary N) is 1. The van der Waals surface area contributed by atoms with Crippen LogP contribution in [0.15, 0.2) is 24.3 Å². The summed E-state index contributed by atoms with van der Waals surface area (Å²) in [7, 11) is 0. The van der Waals surface area contributed by atoms with Gasteiger partial charge < -0.3 is 5.32 Å². The SMILES string of the molecule is O=[N+]([O-])c1cc(Cl)ccc1NC1CCc2sc(Cl)cc21. The first-order chi connectivity index (χ1) is 9.54. The largest absolute Gasteiger partial charge is 0.373 e. The topological polar surface area (TPSA) is 55.2 Å². The van der Waals surface area contributed by atoms with Gasteiger partial charge in [-0.2, -0.15) is 0 Å². The zero-order valence-corrected chi connectivity index (χ0v) is 12.6. The molecule has 0 saturated carbocycles. The second-order valence-corrected chi connectivity index (χ2v) is 6.79. The highest BCUT2D eigenvalue weighted by Gasteiger charge is 2.27. The number of hydrogen-bond acceptors (Lipinski definition) is 4. The molecule has 1 aliphatic rings. The summed E-state index contributed by atoms with van der Waals surface area (Å²) in [6, 6.07) is 6.65. The zero-order chi connectivity index (χ0) is 14.3. The maximum atomic E-state index is 11.1. The van der Waals surface area contributed by atoms with Crippen molar-refractivity contribution in [3.63, 3.8) is 0 Å². The number of rotatable bonds is 3. The molecule has 0 aliphatic heterocycles. The predicted octanol–water partition coefficient (Wildman–Crippen LogP) is 5.06. The minimum absolute atomic E-state index is 0.00715. The molecule has 4 nitrogen and oxygen atoms in total. The molecule has 2 aromatic rings. The number of aryl methyl sites for hydroxylation is 1. The molecule has 104 valence electrons. The van der Waals surface area contributed by atoms with E-state index in [4.69, 9.17) is 23.2 Å². The molecule has 1 unspecified atom stereocenters. The molecular formula is C13H10Cl2N2O2S. The van der Waals surface area contributed by atoms with Crippen LogP contribution in [0.5, 0.6) is 0 Å². The molecule has 0 fully saturated rings. The third-order valence-corrected chi connectivity index (χ3v) is 4.91. The Bertz CT molecular complexity index is 687. The monoisotopic (exact) mass is 328 g/mol. The van der Waals surface area contributed by atoms with Gasteiger partial charge in [0.05, 0.1) is 15.3 Å². The van der Waals surface area contributed by atoms with Gasteiger partial charge in [0.15, 0.2) is 0 Å². The van der Waals surface area contributed by atoms with Gasteiger partial charge in [-0.3, -0.25) is 10.1 Å². The van der Waals surface area contributed by atoms with Crippen LogP contribution >= 0.6 is 34.5 Å². The fourth-order valence-corrected chi connectivity index (χ4v) is 3.97. The first kappa shape index (κ1) is 13.7. The van der Waals surface area contributed by atoms with Crippen LogP contribution in [0.2, 0.25) is 9.36 Å². The zero-order valence-electron chi connectivity index (χ0n) is 10.2. The van der Waals surface area contributed by atoms with Gasteiger partial charge in [-0.25, -0.2) is 0 Å². The van der Waals surface area contributed by atoms with E-state index < -0.39 is 4.92 Å². The smallest absolute Gasteiger partial charge is 0.293 e. The molecule has 1 atom stereocenters. The number of hydrogen-bond donors (Lipinski definition) is 1.